The maximum absolute atomic E-state index is 13.8. The number of nitro groups is 1. The topological polar surface area (TPSA) is 116 Å². The molecule has 1 aliphatic heterocycles. The van der Waals surface area contributed by atoms with Gasteiger partial charge >= 0.3 is 6.09 Å². The first kappa shape index (κ1) is 32.0. The number of nitrogens with one attached hydrogen (secondary N) is 1. The lowest BCUT2D eigenvalue weighted by molar-refractivity contribution is -0.384. The normalized spacial score (nSPS) is 16.2. The van der Waals surface area contributed by atoms with Crippen LogP contribution in [0.4, 0.5) is 10.5 Å². The predicted molar refractivity (Wildman–Crippen MR) is 166 cm³/mol. The number of aryl methyl sites for hydroxylation is 2. The van der Waals surface area contributed by atoms with E-state index < -0.39 is 22.7 Å². The third-order valence-corrected chi connectivity index (χ3v) is 7.94. The molecule has 2 heterocycles. The second-order valence-corrected chi connectivity index (χ2v) is 12.4. The molecule has 232 valence electrons. The third-order valence-electron chi connectivity index (χ3n) is 7.94. The van der Waals surface area contributed by atoms with Crippen molar-refractivity contribution in [3.63, 3.8) is 0 Å². The number of hydrogen-bond acceptors (Lipinski definition) is 6. The van der Waals surface area contributed by atoms with Crippen molar-refractivity contribution in [1.82, 2.24) is 14.8 Å². The number of amides is 2. The van der Waals surface area contributed by atoms with Gasteiger partial charge in [0, 0.05) is 80.5 Å². The number of ether oxygens (including phenoxy) is 2. The summed E-state index contributed by atoms with van der Waals surface area (Å²) in [5.74, 6) is 0.159. The van der Waals surface area contributed by atoms with Crippen LogP contribution in [-0.4, -0.2) is 64.8 Å². The van der Waals surface area contributed by atoms with E-state index in [-0.39, 0.29) is 23.9 Å². The number of aromatic nitrogens is 1. The molecule has 1 aromatic heterocycles. The molecule has 2 amide bonds. The maximum Gasteiger partial charge on any atom is 0.407 e. The van der Waals surface area contributed by atoms with Crippen molar-refractivity contribution in [3.05, 3.63) is 75.5 Å². The molecule has 1 N–H and O–H groups in total. The predicted octanol–water partition coefficient (Wildman–Crippen LogP) is 6.13. The largest absolute Gasteiger partial charge is 0.444 e. The number of non-ortho nitro benzene ring substituents is 1. The number of para-hydroxylation sites is 1. The van der Waals surface area contributed by atoms with Crippen molar-refractivity contribution in [1.29, 1.82) is 0 Å². The van der Waals surface area contributed by atoms with Gasteiger partial charge in [0.2, 0.25) is 5.91 Å². The average Bonchev–Trinajstić information content (AvgIpc) is 3.23. The Hall–Kier alpha value is -3.92. The van der Waals surface area contributed by atoms with Gasteiger partial charge in [0.25, 0.3) is 5.69 Å². The quantitative estimate of drug-likeness (QED) is 0.163. The summed E-state index contributed by atoms with van der Waals surface area (Å²) in [4.78, 5) is 39.0. The van der Waals surface area contributed by atoms with Crippen LogP contribution in [0.15, 0.2) is 48.5 Å². The van der Waals surface area contributed by atoms with Gasteiger partial charge in [-0.25, -0.2) is 4.79 Å². The summed E-state index contributed by atoms with van der Waals surface area (Å²) in [6.45, 7) is 10.3. The first-order chi connectivity index (χ1) is 20.5. The van der Waals surface area contributed by atoms with Crippen molar-refractivity contribution in [2.45, 2.75) is 83.9 Å². The van der Waals surface area contributed by atoms with Crippen LogP contribution in [0.3, 0.4) is 0 Å². The number of alkyl carbamates (subject to hydrolysis) is 1. The summed E-state index contributed by atoms with van der Waals surface area (Å²) in [5, 5.41) is 15.2. The summed E-state index contributed by atoms with van der Waals surface area (Å²) in [6.07, 6.45) is 2.62. The minimum absolute atomic E-state index is 0.00855. The van der Waals surface area contributed by atoms with E-state index in [1.807, 2.05) is 4.90 Å². The van der Waals surface area contributed by atoms with Gasteiger partial charge in [0.1, 0.15) is 5.60 Å². The van der Waals surface area contributed by atoms with Gasteiger partial charge in [0.15, 0.2) is 0 Å². The standard InChI is InChI=1S/C33H44N4O6/c1-23-28-11-6-7-12-29(28)36(18-9-19-42-5)31(23)25-10-8-17-35(22-25)30(38)21-26(34-32(39)43-33(2,3)4)20-24-13-15-27(16-14-24)37(40)41/h6-7,11-16,25-26H,8-10,17-22H2,1-5H3,(H,34,39). The van der Waals surface area contributed by atoms with Crippen molar-refractivity contribution in [2.24, 2.45) is 0 Å². The number of benzene rings is 2. The Labute approximate surface area is 253 Å². The first-order valence-corrected chi connectivity index (χ1v) is 15.0. The number of nitrogens with zero attached hydrogens (tertiary/aromatic N) is 3. The van der Waals surface area contributed by atoms with E-state index in [0.717, 1.165) is 31.4 Å². The SMILES string of the molecule is COCCCn1c(C2CCCN(C(=O)CC(Cc3ccc([N+](=O)[O-])cc3)NC(=O)OC(C)(C)C)C2)c(C)c2ccccc21. The zero-order chi connectivity index (χ0) is 31.1. The number of carbonyl (C=O) groups excluding carboxylic acids is 2. The molecule has 10 nitrogen and oxygen atoms in total. The number of piperidine rings is 1. The Balaban J connectivity index is 1.53. The monoisotopic (exact) mass is 592 g/mol. The van der Waals surface area contributed by atoms with Gasteiger partial charge in [-0.05, 0) is 70.6 Å². The van der Waals surface area contributed by atoms with Crippen LogP contribution in [0.5, 0.6) is 0 Å². The van der Waals surface area contributed by atoms with Crippen LogP contribution >= 0.6 is 0 Å². The van der Waals surface area contributed by atoms with Crippen LogP contribution in [-0.2, 0) is 27.2 Å². The van der Waals surface area contributed by atoms with Crippen LogP contribution < -0.4 is 5.32 Å². The van der Waals surface area contributed by atoms with Crippen molar-refractivity contribution >= 4 is 28.6 Å². The van der Waals surface area contributed by atoms with Crippen LogP contribution in [0.1, 0.15) is 69.2 Å². The molecule has 3 aromatic rings. The van der Waals surface area contributed by atoms with E-state index in [4.69, 9.17) is 9.47 Å². The van der Waals surface area contributed by atoms with Gasteiger partial charge < -0.3 is 24.3 Å². The highest BCUT2D eigenvalue weighted by atomic mass is 16.6. The Kier molecular flexibility index (Phi) is 10.4. The molecular formula is C33H44N4O6. The Bertz CT molecular complexity index is 1430. The number of nitro benzene ring substituents is 1. The summed E-state index contributed by atoms with van der Waals surface area (Å²) in [7, 11) is 1.72. The minimum atomic E-state index is -0.689. The first-order valence-electron chi connectivity index (χ1n) is 15.0. The average molecular weight is 593 g/mol. The Morgan fingerprint density at radius 2 is 1.86 bits per heavy atom. The summed E-state index contributed by atoms with van der Waals surface area (Å²) in [6, 6.07) is 14.1. The maximum atomic E-state index is 13.8. The molecule has 4 rings (SSSR count). The lowest BCUT2D eigenvalue weighted by Crippen LogP contribution is -2.46. The minimum Gasteiger partial charge on any atom is -0.444 e. The van der Waals surface area contributed by atoms with Gasteiger partial charge in [0.05, 0.1) is 4.92 Å². The Morgan fingerprint density at radius 3 is 2.53 bits per heavy atom. The number of fused-ring (bicyclic) bond motifs is 1. The Morgan fingerprint density at radius 1 is 1.14 bits per heavy atom. The fraction of sp³-hybridized carbons (Fsp3) is 0.515. The molecule has 1 saturated heterocycles. The molecule has 43 heavy (non-hydrogen) atoms. The number of likely N-dealkylation sites (tertiary alicyclic amines) is 1. The molecule has 2 unspecified atom stereocenters. The van der Waals surface area contributed by atoms with Crippen molar-refractivity contribution < 1.29 is 24.0 Å². The molecule has 2 atom stereocenters. The number of carbonyl (C=O) groups is 2. The molecule has 1 fully saturated rings. The van der Waals surface area contributed by atoms with Gasteiger partial charge in [-0.1, -0.05) is 30.3 Å². The molecule has 0 aliphatic carbocycles. The molecule has 10 heteroatoms. The van der Waals surface area contributed by atoms with E-state index in [1.165, 1.54) is 34.3 Å². The number of rotatable bonds is 11. The lowest BCUT2D eigenvalue weighted by atomic mass is 9.91. The van der Waals surface area contributed by atoms with Crippen LogP contribution in [0.25, 0.3) is 10.9 Å². The van der Waals surface area contributed by atoms with E-state index in [2.05, 4.69) is 41.1 Å². The second kappa shape index (κ2) is 14.0. The highest BCUT2D eigenvalue weighted by molar-refractivity contribution is 5.85. The molecular weight excluding hydrogens is 548 g/mol. The van der Waals surface area contributed by atoms with E-state index >= 15 is 0 Å². The fourth-order valence-corrected chi connectivity index (χ4v) is 6.08. The van der Waals surface area contributed by atoms with Crippen molar-refractivity contribution in [3.8, 4) is 0 Å². The van der Waals surface area contributed by atoms with E-state index in [1.54, 1.807) is 40.0 Å². The lowest BCUT2D eigenvalue weighted by Gasteiger charge is -2.35. The number of methoxy groups -OCH3 is 1. The molecule has 0 bridgehead atoms. The van der Waals surface area contributed by atoms with E-state index in [0.29, 0.717) is 26.1 Å². The molecule has 0 spiro atoms. The zero-order valence-electron chi connectivity index (χ0n) is 25.9. The highest BCUT2D eigenvalue weighted by Crippen LogP contribution is 2.36. The fourth-order valence-electron chi connectivity index (χ4n) is 6.08. The molecule has 0 saturated carbocycles. The summed E-state index contributed by atoms with van der Waals surface area (Å²) < 4.78 is 13.2. The van der Waals surface area contributed by atoms with E-state index in [9.17, 15) is 19.7 Å². The zero-order valence-corrected chi connectivity index (χ0v) is 25.9. The summed E-state index contributed by atoms with van der Waals surface area (Å²) in [5.41, 5.74) is 3.84. The number of hydrogen-bond donors (Lipinski definition) is 1. The van der Waals surface area contributed by atoms with Crippen LogP contribution in [0, 0.1) is 17.0 Å². The molecule has 0 radical (unpaired) electrons. The van der Waals surface area contributed by atoms with Gasteiger partial charge in [-0.3, -0.25) is 14.9 Å². The van der Waals surface area contributed by atoms with Gasteiger partial charge in [-0.2, -0.15) is 0 Å². The molecule has 2 aromatic carbocycles. The third kappa shape index (κ3) is 8.34. The smallest absolute Gasteiger partial charge is 0.407 e. The highest BCUT2D eigenvalue weighted by Gasteiger charge is 2.31. The van der Waals surface area contributed by atoms with Crippen molar-refractivity contribution in [2.75, 3.05) is 26.8 Å². The van der Waals surface area contributed by atoms with Crippen LogP contribution in [0.2, 0.25) is 0 Å². The second-order valence-electron chi connectivity index (χ2n) is 12.4. The van der Waals surface area contributed by atoms with Gasteiger partial charge in [-0.15, -0.1) is 0 Å². The molecule has 1 aliphatic rings. The summed E-state index contributed by atoms with van der Waals surface area (Å²) >= 11 is 0.